The number of nitrogens with one attached hydrogen (secondary N) is 2. The van der Waals surface area contributed by atoms with Gasteiger partial charge in [0, 0.05) is 42.9 Å². The SMILES string of the molecule is CCNC(=NCCCCc1nc(C)cs1)NC(C)Cc1c(C)nn(C)c1C. The van der Waals surface area contributed by atoms with Crippen molar-refractivity contribution in [2.45, 2.75) is 66.3 Å². The van der Waals surface area contributed by atoms with Gasteiger partial charge in [-0.25, -0.2) is 4.98 Å². The van der Waals surface area contributed by atoms with Crippen molar-refractivity contribution in [3.8, 4) is 0 Å². The van der Waals surface area contributed by atoms with Gasteiger partial charge >= 0.3 is 0 Å². The average Bonchev–Trinajstić information content (AvgIpc) is 3.13. The van der Waals surface area contributed by atoms with E-state index in [9.17, 15) is 0 Å². The van der Waals surface area contributed by atoms with Gasteiger partial charge in [-0.1, -0.05) is 0 Å². The molecule has 0 radical (unpaired) electrons. The number of rotatable bonds is 9. The molecule has 0 aromatic carbocycles. The van der Waals surface area contributed by atoms with Gasteiger partial charge in [0.2, 0.25) is 0 Å². The third kappa shape index (κ3) is 6.65. The van der Waals surface area contributed by atoms with Crippen molar-refractivity contribution in [1.29, 1.82) is 0 Å². The molecule has 2 aromatic rings. The first kappa shape index (κ1) is 21.4. The van der Waals surface area contributed by atoms with Crippen LogP contribution in [0.5, 0.6) is 0 Å². The minimum atomic E-state index is 0.294. The maximum atomic E-state index is 4.74. The molecule has 1 unspecified atom stereocenters. The van der Waals surface area contributed by atoms with Crippen LogP contribution in [-0.4, -0.2) is 39.9 Å². The third-order valence-corrected chi connectivity index (χ3v) is 5.66. The number of hydrogen-bond donors (Lipinski definition) is 2. The number of unbranched alkanes of at least 4 members (excludes halogenated alkanes) is 1. The molecule has 2 rings (SSSR count). The highest BCUT2D eigenvalue weighted by molar-refractivity contribution is 7.09. The molecule has 2 N–H and O–H groups in total. The summed E-state index contributed by atoms with van der Waals surface area (Å²) in [5.74, 6) is 0.897. The molecule has 2 aromatic heterocycles. The van der Waals surface area contributed by atoms with Gasteiger partial charge in [0.1, 0.15) is 0 Å². The van der Waals surface area contributed by atoms with Crippen molar-refractivity contribution >= 4 is 17.3 Å². The molecule has 0 amide bonds. The molecule has 0 fully saturated rings. The Morgan fingerprint density at radius 3 is 2.67 bits per heavy atom. The minimum Gasteiger partial charge on any atom is -0.357 e. The molecule has 2 heterocycles. The molecule has 0 spiro atoms. The summed E-state index contributed by atoms with van der Waals surface area (Å²) in [5.41, 5.74) is 4.80. The van der Waals surface area contributed by atoms with E-state index in [-0.39, 0.29) is 0 Å². The highest BCUT2D eigenvalue weighted by Gasteiger charge is 2.13. The van der Waals surface area contributed by atoms with Gasteiger partial charge in [0.15, 0.2) is 5.96 Å². The van der Waals surface area contributed by atoms with Crippen LogP contribution in [0.3, 0.4) is 0 Å². The maximum Gasteiger partial charge on any atom is 0.191 e. The number of aliphatic imine (C=N–C) groups is 1. The van der Waals surface area contributed by atoms with Gasteiger partial charge in [0.05, 0.1) is 10.7 Å². The fourth-order valence-corrected chi connectivity index (χ4v) is 3.94. The lowest BCUT2D eigenvalue weighted by atomic mass is 10.1. The van der Waals surface area contributed by atoms with Gasteiger partial charge in [0.25, 0.3) is 0 Å². The summed E-state index contributed by atoms with van der Waals surface area (Å²) in [6.45, 7) is 12.3. The molecule has 0 saturated carbocycles. The van der Waals surface area contributed by atoms with Gasteiger partial charge in [-0.15, -0.1) is 11.3 Å². The molecule has 0 aliphatic rings. The Morgan fingerprint density at radius 2 is 2.07 bits per heavy atom. The summed E-state index contributed by atoms with van der Waals surface area (Å²) in [5, 5.41) is 14.8. The summed E-state index contributed by atoms with van der Waals surface area (Å²) >= 11 is 1.76. The molecule has 6 nitrogen and oxygen atoms in total. The Balaban J connectivity index is 1.81. The van der Waals surface area contributed by atoms with E-state index in [1.54, 1.807) is 11.3 Å². The van der Waals surface area contributed by atoms with E-state index in [1.807, 2.05) is 18.7 Å². The van der Waals surface area contributed by atoms with E-state index in [2.05, 4.69) is 53.8 Å². The second-order valence-corrected chi connectivity index (χ2v) is 8.07. The molecular formula is C20H34N6S. The summed E-state index contributed by atoms with van der Waals surface area (Å²) in [6.07, 6.45) is 4.19. The minimum absolute atomic E-state index is 0.294. The normalized spacial score (nSPS) is 13.0. The Bertz CT molecular complexity index is 746. The van der Waals surface area contributed by atoms with E-state index < -0.39 is 0 Å². The summed E-state index contributed by atoms with van der Waals surface area (Å²) in [7, 11) is 2.00. The van der Waals surface area contributed by atoms with E-state index in [4.69, 9.17) is 4.99 Å². The van der Waals surface area contributed by atoms with E-state index >= 15 is 0 Å². The number of aromatic nitrogens is 3. The van der Waals surface area contributed by atoms with E-state index in [0.717, 1.165) is 56.1 Å². The first-order valence-electron chi connectivity index (χ1n) is 9.85. The standard InChI is InChI=1S/C20H34N6S/c1-7-21-20(22-11-9-8-10-19-23-15(3)13-27-19)24-14(2)12-18-16(4)25-26(6)17(18)5/h13-14H,7-12H2,1-6H3,(H2,21,22,24). The van der Waals surface area contributed by atoms with Crippen molar-refractivity contribution in [2.24, 2.45) is 12.0 Å². The quantitative estimate of drug-likeness (QED) is 0.392. The number of aryl methyl sites for hydroxylation is 4. The molecule has 0 saturated heterocycles. The molecule has 1 atom stereocenters. The third-order valence-electron chi connectivity index (χ3n) is 4.63. The second kappa shape index (κ2) is 10.4. The zero-order valence-corrected chi connectivity index (χ0v) is 18.4. The van der Waals surface area contributed by atoms with Crippen molar-refractivity contribution < 1.29 is 0 Å². The van der Waals surface area contributed by atoms with Crippen LogP contribution in [0.25, 0.3) is 0 Å². The van der Waals surface area contributed by atoms with Crippen LogP contribution >= 0.6 is 11.3 Å². The van der Waals surface area contributed by atoms with Crippen LogP contribution in [0.15, 0.2) is 10.4 Å². The number of nitrogens with zero attached hydrogens (tertiary/aromatic N) is 4. The predicted octanol–water partition coefficient (Wildman–Crippen LogP) is 3.31. The Labute approximate surface area is 167 Å². The van der Waals surface area contributed by atoms with Gasteiger partial charge < -0.3 is 10.6 Å². The van der Waals surface area contributed by atoms with E-state index in [1.165, 1.54) is 16.3 Å². The zero-order chi connectivity index (χ0) is 19.8. The van der Waals surface area contributed by atoms with Crippen LogP contribution in [-0.2, 0) is 19.9 Å². The highest BCUT2D eigenvalue weighted by atomic mass is 32.1. The van der Waals surface area contributed by atoms with Crippen LogP contribution in [0, 0.1) is 20.8 Å². The fourth-order valence-electron chi connectivity index (χ4n) is 3.12. The Hall–Kier alpha value is -1.89. The van der Waals surface area contributed by atoms with Crippen LogP contribution in [0.2, 0.25) is 0 Å². The Kier molecular flexibility index (Phi) is 8.28. The molecule has 0 aliphatic heterocycles. The van der Waals surface area contributed by atoms with Crippen molar-refractivity contribution in [3.63, 3.8) is 0 Å². The number of hydrogen-bond acceptors (Lipinski definition) is 4. The van der Waals surface area contributed by atoms with Gasteiger partial charge in [-0.2, -0.15) is 5.10 Å². The second-order valence-electron chi connectivity index (χ2n) is 7.12. The number of guanidine groups is 1. The fraction of sp³-hybridized carbons (Fsp3) is 0.650. The smallest absolute Gasteiger partial charge is 0.191 e. The molecule has 0 aliphatic carbocycles. The lowest BCUT2D eigenvalue weighted by Gasteiger charge is -2.18. The number of thiazole rings is 1. The van der Waals surface area contributed by atoms with Crippen LogP contribution in [0.4, 0.5) is 0 Å². The Morgan fingerprint density at radius 1 is 1.30 bits per heavy atom. The topological polar surface area (TPSA) is 67.1 Å². The molecular weight excluding hydrogens is 356 g/mol. The summed E-state index contributed by atoms with van der Waals surface area (Å²) in [6, 6.07) is 0.294. The summed E-state index contributed by atoms with van der Waals surface area (Å²) in [4.78, 5) is 9.26. The van der Waals surface area contributed by atoms with Crippen LogP contribution in [0.1, 0.15) is 54.3 Å². The van der Waals surface area contributed by atoms with Gasteiger partial charge in [-0.3, -0.25) is 9.67 Å². The van der Waals surface area contributed by atoms with E-state index in [0.29, 0.717) is 6.04 Å². The zero-order valence-electron chi connectivity index (χ0n) is 17.6. The molecule has 150 valence electrons. The van der Waals surface area contributed by atoms with Crippen molar-refractivity contribution in [2.75, 3.05) is 13.1 Å². The van der Waals surface area contributed by atoms with Crippen molar-refractivity contribution in [1.82, 2.24) is 25.4 Å². The summed E-state index contributed by atoms with van der Waals surface area (Å²) < 4.78 is 1.96. The lowest BCUT2D eigenvalue weighted by molar-refractivity contribution is 0.633. The monoisotopic (exact) mass is 390 g/mol. The molecule has 7 heteroatoms. The molecule has 27 heavy (non-hydrogen) atoms. The first-order valence-corrected chi connectivity index (χ1v) is 10.7. The lowest BCUT2D eigenvalue weighted by Crippen LogP contribution is -2.43. The van der Waals surface area contributed by atoms with Crippen LogP contribution < -0.4 is 10.6 Å². The molecule has 0 bridgehead atoms. The van der Waals surface area contributed by atoms with Gasteiger partial charge in [-0.05, 0) is 65.9 Å². The van der Waals surface area contributed by atoms with Crippen molar-refractivity contribution in [3.05, 3.63) is 33.0 Å². The first-order chi connectivity index (χ1) is 12.9. The highest BCUT2D eigenvalue weighted by Crippen LogP contribution is 2.14. The average molecular weight is 391 g/mol. The largest absolute Gasteiger partial charge is 0.357 e. The maximum absolute atomic E-state index is 4.74. The predicted molar refractivity (Wildman–Crippen MR) is 115 cm³/mol.